The summed E-state index contributed by atoms with van der Waals surface area (Å²) in [5, 5.41) is 0. The summed E-state index contributed by atoms with van der Waals surface area (Å²) in [4.78, 5) is 24.6. The van der Waals surface area contributed by atoms with Gasteiger partial charge in [0.15, 0.2) is 0 Å². The molecular formula is C17H18O3. The van der Waals surface area contributed by atoms with Gasteiger partial charge in [0, 0.05) is 24.7 Å². The van der Waals surface area contributed by atoms with Crippen LogP contribution >= 0.6 is 0 Å². The van der Waals surface area contributed by atoms with Crippen LogP contribution in [0.5, 0.6) is 0 Å². The molecule has 2 atom stereocenters. The van der Waals surface area contributed by atoms with E-state index in [4.69, 9.17) is 4.74 Å². The zero-order valence-corrected chi connectivity index (χ0v) is 11.4. The quantitative estimate of drug-likeness (QED) is 0.469. The van der Waals surface area contributed by atoms with Crippen LogP contribution in [0.4, 0.5) is 0 Å². The number of rotatable bonds is 5. The van der Waals surface area contributed by atoms with Crippen LogP contribution in [0, 0.1) is 11.3 Å². The highest BCUT2D eigenvalue weighted by atomic mass is 16.5. The molecule has 2 saturated carbocycles. The third-order valence-corrected chi connectivity index (χ3v) is 4.56. The molecule has 0 heterocycles. The summed E-state index contributed by atoms with van der Waals surface area (Å²) < 4.78 is 5.52. The van der Waals surface area contributed by atoms with Crippen LogP contribution in [0.25, 0.3) is 0 Å². The molecule has 0 radical (unpaired) electrons. The highest BCUT2D eigenvalue weighted by molar-refractivity contribution is 6.17. The molecule has 3 rings (SSSR count). The normalized spacial score (nSPS) is 27.0. The molecule has 0 unspecified atom stereocenters. The Hall–Kier alpha value is -1.74. The van der Waals surface area contributed by atoms with E-state index in [1.54, 1.807) is 6.08 Å². The fraction of sp³-hybridized carbons (Fsp3) is 0.412. The SMILES string of the molecule is C=CCOC[C@H]1[C@H](c2ccccc2)C12C(=O)CCC2=O. The molecule has 0 aromatic heterocycles. The van der Waals surface area contributed by atoms with Gasteiger partial charge in [-0.05, 0) is 5.56 Å². The smallest absolute Gasteiger partial charge is 0.147 e. The summed E-state index contributed by atoms with van der Waals surface area (Å²) in [7, 11) is 0. The Bertz CT molecular complexity index is 531. The Kier molecular flexibility index (Phi) is 3.30. The molecule has 2 fully saturated rings. The number of hydrogen-bond donors (Lipinski definition) is 0. The van der Waals surface area contributed by atoms with Crippen LogP contribution in [-0.2, 0) is 14.3 Å². The first-order valence-electron chi connectivity index (χ1n) is 7.03. The molecule has 104 valence electrons. The lowest BCUT2D eigenvalue weighted by Crippen LogP contribution is -2.21. The third-order valence-electron chi connectivity index (χ3n) is 4.56. The molecule has 20 heavy (non-hydrogen) atoms. The van der Waals surface area contributed by atoms with Crippen molar-refractivity contribution in [3.05, 3.63) is 48.6 Å². The number of hydrogen-bond acceptors (Lipinski definition) is 3. The van der Waals surface area contributed by atoms with E-state index in [1.807, 2.05) is 30.3 Å². The van der Waals surface area contributed by atoms with Crippen LogP contribution < -0.4 is 0 Å². The number of carbonyl (C=O) groups excluding carboxylic acids is 2. The van der Waals surface area contributed by atoms with Gasteiger partial charge in [0.25, 0.3) is 0 Å². The predicted molar refractivity (Wildman–Crippen MR) is 75.4 cm³/mol. The molecule has 1 aromatic rings. The van der Waals surface area contributed by atoms with Gasteiger partial charge in [-0.3, -0.25) is 9.59 Å². The topological polar surface area (TPSA) is 43.4 Å². The largest absolute Gasteiger partial charge is 0.377 e. The second-order valence-electron chi connectivity index (χ2n) is 5.54. The standard InChI is InChI=1S/C17H18O3/c1-2-10-20-11-13-16(12-6-4-3-5-7-12)17(13)14(18)8-9-15(17)19/h2-7,13,16H,1,8-11H2/t13-,16-/m0/s1. The second-order valence-corrected chi connectivity index (χ2v) is 5.54. The minimum absolute atomic E-state index is 0.00369. The van der Waals surface area contributed by atoms with Crippen molar-refractivity contribution in [1.29, 1.82) is 0 Å². The molecule has 3 heteroatoms. The fourth-order valence-corrected chi connectivity index (χ4v) is 3.68. The summed E-state index contributed by atoms with van der Waals surface area (Å²) in [5.41, 5.74) is 0.283. The van der Waals surface area contributed by atoms with Gasteiger partial charge in [0.1, 0.15) is 17.0 Å². The monoisotopic (exact) mass is 270 g/mol. The van der Waals surface area contributed by atoms with Crippen molar-refractivity contribution in [2.45, 2.75) is 18.8 Å². The van der Waals surface area contributed by atoms with Crippen molar-refractivity contribution < 1.29 is 14.3 Å². The minimum Gasteiger partial charge on any atom is -0.377 e. The van der Waals surface area contributed by atoms with E-state index in [-0.39, 0.29) is 23.4 Å². The molecule has 2 aliphatic carbocycles. The zero-order valence-electron chi connectivity index (χ0n) is 11.4. The summed E-state index contributed by atoms with van der Waals surface area (Å²) >= 11 is 0. The van der Waals surface area contributed by atoms with Gasteiger partial charge < -0.3 is 4.74 Å². The van der Waals surface area contributed by atoms with Crippen molar-refractivity contribution in [2.24, 2.45) is 11.3 Å². The number of ketones is 2. The maximum atomic E-state index is 12.3. The lowest BCUT2D eigenvalue weighted by atomic mass is 9.95. The molecular weight excluding hydrogens is 252 g/mol. The molecule has 1 aromatic carbocycles. The summed E-state index contributed by atoms with van der Waals surface area (Å²) in [6.07, 6.45) is 2.46. The van der Waals surface area contributed by atoms with E-state index in [2.05, 4.69) is 6.58 Å². The van der Waals surface area contributed by atoms with Crippen LogP contribution in [0.1, 0.15) is 24.3 Å². The molecule has 0 N–H and O–H groups in total. The van der Waals surface area contributed by atoms with Gasteiger partial charge >= 0.3 is 0 Å². The van der Waals surface area contributed by atoms with Crippen molar-refractivity contribution in [3.63, 3.8) is 0 Å². The first kappa shape index (κ1) is 13.3. The number of benzene rings is 1. The molecule has 0 aliphatic heterocycles. The first-order chi connectivity index (χ1) is 9.72. The maximum absolute atomic E-state index is 12.3. The van der Waals surface area contributed by atoms with Crippen LogP contribution in [0.3, 0.4) is 0 Å². The Labute approximate surface area is 118 Å². The van der Waals surface area contributed by atoms with Crippen molar-refractivity contribution in [2.75, 3.05) is 13.2 Å². The van der Waals surface area contributed by atoms with Gasteiger partial charge in [-0.15, -0.1) is 6.58 Å². The Morgan fingerprint density at radius 1 is 1.20 bits per heavy atom. The summed E-state index contributed by atoms with van der Waals surface area (Å²) in [6.45, 7) is 4.52. The average molecular weight is 270 g/mol. The average Bonchev–Trinajstić information content (AvgIpc) is 3.06. The number of carbonyl (C=O) groups is 2. The number of Topliss-reactive ketones (excluding diaryl/α,β-unsaturated/α-hetero) is 2. The van der Waals surface area contributed by atoms with E-state index in [1.165, 1.54) is 0 Å². The minimum atomic E-state index is -0.789. The molecule has 0 saturated heterocycles. The predicted octanol–water partition coefficient (Wildman–Crippen LogP) is 2.52. The van der Waals surface area contributed by atoms with Crippen LogP contribution in [0.2, 0.25) is 0 Å². The number of ether oxygens (including phenoxy) is 1. The van der Waals surface area contributed by atoms with Gasteiger partial charge in [-0.2, -0.15) is 0 Å². The molecule has 2 aliphatic rings. The molecule has 0 bridgehead atoms. The Morgan fingerprint density at radius 2 is 1.85 bits per heavy atom. The van der Waals surface area contributed by atoms with Crippen LogP contribution in [-0.4, -0.2) is 24.8 Å². The van der Waals surface area contributed by atoms with Gasteiger partial charge in [-0.1, -0.05) is 36.4 Å². The molecule has 1 spiro atoms. The van der Waals surface area contributed by atoms with Gasteiger partial charge in [-0.25, -0.2) is 0 Å². The van der Waals surface area contributed by atoms with Gasteiger partial charge in [0.05, 0.1) is 13.2 Å². The zero-order chi connectivity index (χ0) is 14.2. The van der Waals surface area contributed by atoms with Crippen molar-refractivity contribution in [1.82, 2.24) is 0 Å². The van der Waals surface area contributed by atoms with E-state index in [0.717, 1.165) is 5.56 Å². The molecule has 0 amide bonds. The van der Waals surface area contributed by atoms with Crippen LogP contribution in [0.15, 0.2) is 43.0 Å². The van der Waals surface area contributed by atoms with E-state index < -0.39 is 5.41 Å². The van der Waals surface area contributed by atoms with Crippen molar-refractivity contribution in [3.8, 4) is 0 Å². The lowest BCUT2D eigenvalue weighted by molar-refractivity contribution is -0.130. The highest BCUT2D eigenvalue weighted by Gasteiger charge is 2.74. The fourth-order valence-electron chi connectivity index (χ4n) is 3.68. The highest BCUT2D eigenvalue weighted by Crippen LogP contribution is 2.68. The van der Waals surface area contributed by atoms with E-state index >= 15 is 0 Å². The Balaban J connectivity index is 1.89. The maximum Gasteiger partial charge on any atom is 0.147 e. The first-order valence-corrected chi connectivity index (χ1v) is 7.03. The third kappa shape index (κ3) is 1.77. The van der Waals surface area contributed by atoms with Gasteiger partial charge in [0.2, 0.25) is 0 Å². The summed E-state index contributed by atoms with van der Waals surface area (Å²) in [5.74, 6) is 0.190. The summed E-state index contributed by atoms with van der Waals surface area (Å²) in [6, 6.07) is 9.84. The van der Waals surface area contributed by atoms with E-state index in [9.17, 15) is 9.59 Å². The Morgan fingerprint density at radius 3 is 2.45 bits per heavy atom. The van der Waals surface area contributed by atoms with Crippen molar-refractivity contribution >= 4 is 11.6 Å². The van der Waals surface area contributed by atoms with E-state index in [0.29, 0.717) is 26.1 Å². The molecule has 3 nitrogen and oxygen atoms in total. The second kappa shape index (κ2) is 4.98. The lowest BCUT2D eigenvalue weighted by Gasteiger charge is -2.06.